The molecular weight excluding hydrogens is 661 g/mol. The molecule has 260 valence electrons. The van der Waals surface area contributed by atoms with Gasteiger partial charge in [-0.05, 0) is 68.3 Å². The topological polar surface area (TPSA) is 149 Å². The number of hydrogen-bond donors (Lipinski definition) is 3. The van der Waals surface area contributed by atoms with E-state index in [-0.39, 0.29) is 64.8 Å². The Hall–Kier alpha value is -5.17. The van der Waals surface area contributed by atoms with E-state index >= 15 is 0 Å². The Morgan fingerprint density at radius 2 is 1.43 bits per heavy atom. The van der Waals surface area contributed by atoms with Gasteiger partial charge in [-0.3, -0.25) is 24.1 Å². The van der Waals surface area contributed by atoms with Crippen LogP contribution < -0.4 is 59.6 Å². The summed E-state index contributed by atoms with van der Waals surface area (Å²) < 4.78 is 5.96. The van der Waals surface area contributed by atoms with Crippen LogP contribution >= 0.6 is 0 Å². The summed E-state index contributed by atoms with van der Waals surface area (Å²) in [5.74, 6) is -3.28. The van der Waals surface area contributed by atoms with Crippen molar-refractivity contribution in [2.75, 3.05) is 53.8 Å². The third kappa shape index (κ3) is 10.9. The number of carbonyl (C=O) groups excluding carboxylic acids is 4. The number of likely N-dealkylation sites (N-methyl/N-ethyl adjacent to an activating group) is 2. The Morgan fingerprint density at radius 1 is 0.804 bits per heavy atom. The summed E-state index contributed by atoms with van der Waals surface area (Å²) in [6.45, 7) is 4.05. The van der Waals surface area contributed by atoms with E-state index in [0.29, 0.717) is 11.4 Å². The van der Waals surface area contributed by atoms with Crippen molar-refractivity contribution in [2.24, 2.45) is 0 Å². The van der Waals surface area contributed by atoms with Gasteiger partial charge in [-0.15, -0.1) is 11.6 Å². The Kier molecular flexibility index (Phi) is 14.8. The minimum atomic E-state index is -1.09. The van der Waals surface area contributed by atoms with Crippen molar-refractivity contribution in [3.63, 3.8) is 0 Å². The number of aryl methyl sites for hydroxylation is 2. The largest absolute Gasteiger partial charge is 1.00 e. The minimum Gasteiger partial charge on any atom is -0.482 e. The number of para-hydroxylation sites is 3. The van der Waals surface area contributed by atoms with Crippen molar-refractivity contribution in [2.45, 2.75) is 26.7 Å². The van der Waals surface area contributed by atoms with Gasteiger partial charge in [0.25, 0.3) is 5.91 Å². The molecule has 5 amide bonds. The zero-order valence-electron chi connectivity index (χ0n) is 29.6. The van der Waals surface area contributed by atoms with Gasteiger partial charge in [0, 0.05) is 25.5 Å². The van der Waals surface area contributed by atoms with Crippen molar-refractivity contribution in [1.82, 2.24) is 5.32 Å². The van der Waals surface area contributed by atoms with E-state index in [9.17, 15) is 29.1 Å². The average molecular weight is 702 g/mol. The van der Waals surface area contributed by atoms with Gasteiger partial charge in [-0.1, -0.05) is 42.1 Å². The molecule has 0 heterocycles. The third-order valence-corrected chi connectivity index (χ3v) is 7.93. The summed E-state index contributed by atoms with van der Waals surface area (Å²) >= 11 is 0. The number of carbonyl (C=O) groups is 5. The maximum absolute atomic E-state index is 13.8. The molecule has 0 spiro atoms. The van der Waals surface area contributed by atoms with E-state index in [1.165, 1.54) is 33.8 Å². The van der Waals surface area contributed by atoms with Crippen LogP contribution in [0.4, 0.5) is 27.5 Å². The van der Waals surface area contributed by atoms with Gasteiger partial charge in [-0.25, -0.2) is 4.79 Å². The number of benzene rings is 4. The van der Waals surface area contributed by atoms with Crippen LogP contribution in [-0.4, -0.2) is 68.6 Å². The second-order valence-electron chi connectivity index (χ2n) is 11.7. The molecule has 0 radical (unpaired) electrons. The first-order chi connectivity index (χ1) is 23.8. The Balaban J connectivity index is 0.00000702. The number of carboxylic acid groups (broad SMARTS) is 1. The Labute approximate surface area is 319 Å². The molecule has 1 unspecified atom stereocenters. The first-order valence-electron chi connectivity index (χ1n) is 15.8. The number of aliphatic carboxylic acids is 1. The smallest absolute Gasteiger partial charge is 0.482 e. The van der Waals surface area contributed by atoms with Crippen LogP contribution in [0.5, 0.6) is 5.75 Å². The van der Waals surface area contributed by atoms with Crippen molar-refractivity contribution in [3.05, 3.63) is 114 Å². The van der Waals surface area contributed by atoms with Gasteiger partial charge in [-0.2, -0.15) is 18.2 Å². The average Bonchev–Trinajstić information content (AvgIpc) is 3.11. The maximum atomic E-state index is 13.8. The molecule has 12 nitrogen and oxygen atoms in total. The fraction of sp³-hybridized carbons (Fsp3) is 0.237. The third-order valence-electron chi connectivity index (χ3n) is 7.93. The van der Waals surface area contributed by atoms with Crippen LogP contribution in [0, 0.1) is 19.9 Å². The van der Waals surface area contributed by atoms with E-state index in [2.05, 4.69) is 16.7 Å². The summed E-state index contributed by atoms with van der Waals surface area (Å²) in [4.78, 5) is 69.1. The first kappa shape index (κ1) is 40.3. The van der Waals surface area contributed by atoms with Gasteiger partial charge < -0.3 is 30.3 Å². The van der Waals surface area contributed by atoms with E-state index in [0.717, 1.165) is 11.1 Å². The standard InChI is InChI=1S/C38H40N5O7.Na/c1-25-19-26(2)21-29(20-25)42(5)36(46)24-50-33-18-12-11-17-32(33)43(23-35(45)41(4)28-13-7-6-8-14-28)34(44)22-39-38(49)40-31-16-10-9-15-30(31)27(3)37(47)48;/h6-14,16-21,27H,22-24H2,1-5H3,(H,47,48)(H2,39,40,49);/q-1;+1. The zero-order chi connectivity index (χ0) is 36.4. The molecule has 0 saturated carbocycles. The van der Waals surface area contributed by atoms with Crippen molar-refractivity contribution < 1.29 is 63.4 Å². The quantitative estimate of drug-likeness (QED) is 0.143. The summed E-state index contributed by atoms with van der Waals surface area (Å²) in [7, 11) is 3.23. The molecule has 0 bridgehead atoms. The van der Waals surface area contributed by atoms with E-state index in [1.807, 2.05) is 38.1 Å². The molecule has 0 aromatic heterocycles. The van der Waals surface area contributed by atoms with E-state index < -0.39 is 42.8 Å². The normalized spacial score (nSPS) is 10.9. The predicted molar refractivity (Wildman–Crippen MR) is 192 cm³/mol. The van der Waals surface area contributed by atoms with Crippen molar-refractivity contribution >= 4 is 52.5 Å². The van der Waals surface area contributed by atoms with Gasteiger partial charge in [0.1, 0.15) is 12.3 Å². The van der Waals surface area contributed by atoms with Crippen LogP contribution in [0.15, 0.2) is 91.0 Å². The SMILES string of the molecule is Cc1cc(C)cc(N(C)C(=O)COc2ccccc2N(CC(=O)N(C)c2ccccc2)C(=O)CNC(=O)Nc2ccc[c-]c2C(C)C(=O)O)c1.[Na+]. The summed E-state index contributed by atoms with van der Waals surface area (Å²) in [5, 5.41) is 14.5. The van der Waals surface area contributed by atoms with Crippen LogP contribution in [0.2, 0.25) is 0 Å². The number of amides is 5. The van der Waals surface area contributed by atoms with E-state index in [1.54, 1.807) is 68.7 Å². The minimum absolute atomic E-state index is 0. The number of rotatable bonds is 13. The molecular formula is C38H40N5NaO7. The number of nitrogens with zero attached hydrogens (tertiary/aromatic N) is 3. The van der Waals surface area contributed by atoms with Crippen LogP contribution in [-0.2, 0) is 19.2 Å². The molecule has 3 N–H and O–H groups in total. The van der Waals surface area contributed by atoms with Gasteiger partial charge in [0.05, 0.1) is 18.2 Å². The maximum Gasteiger partial charge on any atom is 1.00 e. The Morgan fingerprint density at radius 3 is 2.10 bits per heavy atom. The van der Waals surface area contributed by atoms with Crippen LogP contribution in [0.3, 0.4) is 0 Å². The molecule has 0 aliphatic rings. The fourth-order valence-corrected chi connectivity index (χ4v) is 5.13. The van der Waals surface area contributed by atoms with Crippen LogP contribution in [0.25, 0.3) is 0 Å². The van der Waals surface area contributed by atoms with Gasteiger partial charge in [0.2, 0.25) is 11.8 Å². The molecule has 0 aliphatic heterocycles. The number of ether oxygens (including phenoxy) is 1. The summed E-state index contributed by atoms with van der Waals surface area (Å²) in [6, 6.07) is 27.9. The van der Waals surface area contributed by atoms with Crippen molar-refractivity contribution in [3.8, 4) is 5.75 Å². The number of urea groups is 1. The molecule has 0 saturated heterocycles. The molecule has 0 aliphatic carbocycles. The number of nitrogens with one attached hydrogen (secondary N) is 2. The molecule has 4 rings (SSSR count). The van der Waals surface area contributed by atoms with Crippen LogP contribution in [0.1, 0.15) is 29.5 Å². The fourth-order valence-electron chi connectivity index (χ4n) is 5.13. The van der Waals surface area contributed by atoms with Crippen molar-refractivity contribution in [1.29, 1.82) is 0 Å². The first-order valence-corrected chi connectivity index (χ1v) is 15.8. The zero-order valence-corrected chi connectivity index (χ0v) is 31.6. The van der Waals surface area contributed by atoms with E-state index in [4.69, 9.17) is 4.74 Å². The molecule has 13 heteroatoms. The molecule has 0 fully saturated rings. The van der Waals surface area contributed by atoms with Gasteiger partial charge >= 0.3 is 41.6 Å². The molecule has 1 atom stereocenters. The monoisotopic (exact) mass is 701 g/mol. The molecule has 51 heavy (non-hydrogen) atoms. The summed E-state index contributed by atoms with van der Waals surface area (Å²) in [6.07, 6.45) is 0. The second kappa shape index (κ2) is 18.7. The van der Waals surface area contributed by atoms with Gasteiger partial charge in [0.15, 0.2) is 6.61 Å². The predicted octanol–water partition coefficient (Wildman–Crippen LogP) is 2.16. The Bertz CT molecular complexity index is 1850. The molecule has 4 aromatic rings. The molecule has 4 aromatic carbocycles. The number of carboxylic acids is 1. The second-order valence-corrected chi connectivity index (χ2v) is 11.7. The summed E-state index contributed by atoms with van der Waals surface area (Å²) in [5.41, 5.74) is 4.02. The number of anilines is 4. The number of hydrogen-bond acceptors (Lipinski definition) is 6.